The van der Waals surface area contributed by atoms with Gasteiger partial charge >= 0.3 is 0 Å². The molecule has 0 aromatic heterocycles. The summed E-state index contributed by atoms with van der Waals surface area (Å²) >= 11 is 0. The summed E-state index contributed by atoms with van der Waals surface area (Å²) in [6, 6.07) is 0. The predicted molar refractivity (Wildman–Crippen MR) is 132 cm³/mol. The van der Waals surface area contributed by atoms with E-state index in [0.29, 0.717) is 5.01 Å². The average Bonchev–Trinajstić information content (AvgIpc) is 2.83. The Bertz CT molecular complexity index is 470. The highest BCUT2D eigenvalue weighted by atomic mass is 16.2. The quantitative estimate of drug-likeness (QED) is 0.404. The van der Waals surface area contributed by atoms with Crippen LogP contribution in [0.5, 0.6) is 0 Å². The molecule has 0 unspecified atom stereocenters. The van der Waals surface area contributed by atoms with Crippen molar-refractivity contribution < 1.29 is 24.0 Å². The van der Waals surface area contributed by atoms with Crippen molar-refractivity contribution in [1.82, 2.24) is 24.6 Å². The lowest BCUT2D eigenvalue weighted by Gasteiger charge is -2.24. The molecule has 11 heteroatoms. The molecule has 0 aromatic rings. The van der Waals surface area contributed by atoms with Gasteiger partial charge in [0.15, 0.2) is 0 Å². The lowest BCUT2D eigenvalue weighted by Crippen LogP contribution is -2.50. The first kappa shape index (κ1) is 37.6. The molecular weight excluding hydrogens is 428 g/mol. The fourth-order valence-electron chi connectivity index (χ4n) is 1.97. The van der Waals surface area contributed by atoms with E-state index in [2.05, 4.69) is 0 Å². The Morgan fingerprint density at radius 2 is 0.606 bits per heavy atom. The fourth-order valence-corrected chi connectivity index (χ4v) is 1.97. The molecule has 1 saturated heterocycles. The zero-order valence-corrected chi connectivity index (χ0v) is 22.9. The number of hydrazine groups is 1. The number of rotatable bonds is 0. The third-order valence-electron chi connectivity index (χ3n) is 3.82. The number of hydrogen-bond donors (Lipinski definition) is 1. The molecule has 5 amide bonds. The van der Waals surface area contributed by atoms with Crippen LogP contribution in [-0.2, 0) is 24.0 Å². The van der Waals surface area contributed by atoms with Crippen molar-refractivity contribution in [3.05, 3.63) is 0 Å². The smallest absolute Gasteiger partial charge is 0.256 e. The molecule has 0 aromatic carbocycles. The van der Waals surface area contributed by atoms with Gasteiger partial charge in [0.1, 0.15) is 13.1 Å². The van der Waals surface area contributed by atoms with Crippen LogP contribution in [0.25, 0.3) is 0 Å². The highest BCUT2D eigenvalue weighted by Crippen LogP contribution is 1.98. The fraction of sp³-hybridized carbons (Fsp3) is 0.773. The zero-order valence-electron chi connectivity index (χ0n) is 22.9. The molecule has 0 atom stereocenters. The molecule has 1 aliphatic rings. The standard InChI is InChI=1S/C14H24N6O5.4C2H6/c1-16-5-10(21)17(2)6-12(23)19(4)8-14(25)20(15)9-13(24)18(3)7-11(16)22;4*1-2/h5-9,15H2,1-4H3;4*1-2H3. The van der Waals surface area contributed by atoms with Gasteiger partial charge in [-0.3, -0.25) is 29.0 Å². The largest absolute Gasteiger partial charge is 0.335 e. The Hall–Kier alpha value is -2.69. The molecule has 0 radical (unpaired) electrons. The van der Waals surface area contributed by atoms with E-state index in [-0.39, 0.29) is 26.2 Å². The number of likely N-dealkylation sites (N-methyl/N-ethyl adjacent to an activating group) is 4. The second-order valence-electron chi connectivity index (χ2n) is 6.02. The third kappa shape index (κ3) is 15.7. The molecule has 2 N–H and O–H groups in total. The highest BCUT2D eigenvalue weighted by molar-refractivity contribution is 5.92. The summed E-state index contributed by atoms with van der Waals surface area (Å²) in [4.78, 5) is 64.9. The third-order valence-corrected chi connectivity index (χ3v) is 3.82. The summed E-state index contributed by atoms with van der Waals surface area (Å²) in [6.45, 7) is 14.5. The SMILES string of the molecule is CC.CC.CC.CC.CN1CC(=O)N(C)CC(=O)N(C)CC(=O)N(N)CC(=O)N(C)CC1=O. The van der Waals surface area contributed by atoms with Gasteiger partial charge in [0.2, 0.25) is 23.6 Å². The van der Waals surface area contributed by atoms with Crippen LogP contribution in [-0.4, -0.2) is 115 Å². The van der Waals surface area contributed by atoms with Gasteiger partial charge in [-0.15, -0.1) is 0 Å². The van der Waals surface area contributed by atoms with Gasteiger partial charge in [0, 0.05) is 28.2 Å². The van der Waals surface area contributed by atoms with Crippen LogP contribution in [0.4, 0.5) is 0 Å². The number of carbonyl (C=O) groups is 5. The van der Waals surface area contributed by atoms with Crippen LogP contribution in [0.1, 0.15) is 55.4 Å². The van der Waals surface area contributed by atoms with Gasteiger partial charge in [-0.1, -0.05) is 55.4 Å². The van der Waals surface area contributed by atoms with Crippen molar-refractivity contribution in [3.63, 3.8) is 0 Å². The van der Waals surface area contributed by atoms with Crippen molar-refractivity contribution in [2.45, 2.75) is 55.4 Å². The van der Waals surface area contributed by atoms with Crippen molar-refractivity contribution >= 4 is 29.5 Å². The molecule has 1 fully saturated rings. The van der Waals surface area contributed by atoms with Crippen LogP contribution in [0.2, 0.25) is 0 Å². The molecule has 196 valence electrons. The normalized spacial score (nSPS) is 16.0. The van der Waals surface area contributed by atoms with Gasteiger partial charge in [0.05, 0.1) is 19.6 Å². The number of nitrogens with two attached hydrogens (primary N) is 1. The van der Waals surface area contributed by atoms with Gasteiger partial charge in [-0.2, -0.15) is 0 Å². The Balaban J connectivity index is -0.000000472. The van der Waals surface area contributed by atoms with E-state index < -0.39 is 36.1 Å². The minimum atomic E-state index is -0.634. The Kier molecular flexibility index (Phi) is 25.6. The predicted octanol–water partition coefficient (Wildman–Crippen LogP) is 0.641. The van der Waals surface area contributed by atoms with Crippen LogP contribution in [0.15, 0.2) is 0 Å². The Morgan fingerprint density at radius 1 is 0.424 bits per heavy atom. The molecule has 1 heterocycles. The molecule has 0 spiro atoms. The molecule has 0 aliphatic carbocycles. The Morgan fingerprint density at radius 3 is 0.848 bits per heavy atom. The molecule has 0 saturated carbocycles. The lowest BCUT2D eigenvalue weighted by atomic mass is 10.4. The summed E-state index contributed by atoms with van der Waals surface area (Å²) in [5.74, 6) is 3.04. The zero-order chi connectivity index (χ0) is 27.3. The molecule has 33 heavy (non-hydrogen) atoms. The van der Waals surface area contributed by atoms with E-state index in [0.717, 1.165) is 9.80 Å². The monoisotopic (exact) mass is 476 g/mol. The maximum Gasteiger partial charge on any atom is 0.256 e. The van der Waals surface area contributed by atoms with E-state index in [1.165, 1.54) is 38.0 Å². The summed E-state index contributed by atoms with van der Waals surface area (Å²) < 4.78 is 0. The first-order valence-electron chi connectivity index (χ1n) is 11.5. The molecule has 1 aliphatic heterocycles. The second kappa shape index (κ2) is 22.5. The molecular formula is C22H48N6O5. The number of hydrogen-bond acceptors (Lipinski definition) is 6. The highest BCUT2D eigenvalue weighted by Gasteiger charge is 2.25. The van der Waals surface area contributed by atoms with Crippen LogP contribution >= 0.6 is 0 Å². The first-order chi connectivity index (χ1) is 15.5. The van der Waals surface area contributed by atoms with Gasteiger partial charge in [0.25, 0.3) is 5.91 Å². The van der Waals surface area contributed by atoms with Crippen molar-refractivity contribution in [1.29, 1.82) is 0 Å². The van der Waals surface area contributed by atoms with E-state index in [9.17, 15) is 24.0 Å². The summed E-state index contributed by atoms with van der Waals surface area (Å²) in [7, 11) is 5.65. The van der Waals surface area contributed by atoms with Crippen molar-refractivity contribution in [2.24, 2.45) is 5.84 Å². The summed E-state index contributed by atoms with van der Waals surface area (Å²) in [5.41, 5.74) is 0. The van der Waals surface area contributed by atoms with E-state index in [4.69, 9.17) is 5.84 Å². The van der Waals surface area contributed by atoms with Crippen molar-refractivity contribution in [3.8, 4) is 0 Å². The minimum absolute atomic E-state index is 0.226. The summed E-state index contributed by atoms with van der Waals surface area (Å²) in [5, 5.41) is 0.700. The Labute approximate surface area is 200 Å². The van der Waals surface area contributed by atoms with Gasteiger partial charge in [-0.25, -0.2) is 5.84 Å². The van der Waals surface area contributed by atoms with E-state index in [1.54, 1.807) is 0 Å². The van der Waals surface area contributed by atoms with E-state index in [1.807, 2.05) is 55.4 Å². The number of carbonyl (C=O) groups excluding carboxylic acids is 5. The lowest BCUT2D eigenvalue weighted by molar-refractivity contribution is -0.144. The van der Waals surface area contributed by atoms with Crippen LogP contribution < -0.4 is 5.84 Å². The minimum Gasteiger partial charge on any atom is -0.335 e. The number of amides is 5. The molecule has 0 bridgehead atoms. The maximum atomic E-state index is 12.1. The first-order valence-corrected chi connectivity index (χ1v) is 11.5. The molecule has 1 rings (SSSR count). The van der Waals surface area contributed by atoms with Crippen LogP contribution in [0, 0.1) is 0 Å². The van der Waals surface area contributed by atoms with Gasteiger partial charge in [-0.05, 0) is 0 Å². The summed E-state index contributed by atoms with van der Waals surface area (Å²) in [6.07, 6.45) is 0. The van der Waals surface area contributed by atoms with Crippen molar-refractivity contribution in [2.75, 3.05) is 60.9 Å². The van der Waals surface area contributed by atoms with Crippen LogP contribution in [0.3, 0.4) is 0 Å². The average molecular weight is 477 g/mol. The van der Waals surface area contributed by atoms with E-state index >= 15 is 0 Å². The second-order valence-corrected chi connectivity index (χ2v) is 6.02. The topological polar surface area (TPSA) is 128 Å². The number of nitrogens with zero attached hydrogens (tertiary/aromatic N) is 5. The maximum absolute atomic E-state index is 12.1. The molecule has 11 nitrogen and oxygen atoms in total. The van der Waals surface area contributed by atoms with Gasteiger partial charge < -0.3 is 19.6 Å².